The molecular formula is C25H26F3N6O6P. The van der Waals surface area contributed by atoms with E-state index in [1.54, 1.807) is 7.05 Å². The van der Waals surface area contributed by atoms with Gasteiger partial charge in [-0.3, -0.25) is 14.3 Å². The number of nitrogens with zero attached hydrogens (tertiary/aromatic N) is 4. The largest absolute Gasteiger partial charge is 0.495 e. The predicted molar refractivity (Wildman–Crippen MR) is 140 cm³/mol. The summed E-state index contributed by atoms with van der Waals surface area (Å²) >= 11 is 0. The zero-order chi connectivity index (χ0) is 29.7. The van der Waals surface area contributed by atoms with E-state index < -0.39 is 37.4 Å². The third kappa shape index (κ3) is 5.98. The number of alkyl halides is 3. The van der Waals surface area contributed by atoms with Gasteiger partial charge in [0.05, 0.1) is 42.5 Å². The number of benzene rings is 1. The SMILES string of the molecule is COc1cc(CP(=O)(O)O)ccc1Nc1ncc(C(F)(F)F)c(Nc2cnc(C3CC(O)C3)c3c2C(=O)N(C)C3)n1. The van der Waals surface area contributed by atoms with Crippen molar-refractivity contribution in [3.63, 3.8) is 0 Å². The van der Waals surface area contributed by atoms with Crippen LogP contribution in [0.15, 0.2) is 30.6 Å². The lowest BCUT2D eigenvalue weighted by molar-refractivity contribution is -0.137. The van der Waals surface area contributed by atoms with Gasteiger partial charge in [-0.2, -0.15) is 18.2 Å². The molecule has 1 aromatic carbocycles. The van der Waals surface area contributed by atoms with E-state index in [1.165, 1.54) is 36.4 Å². The highest BCUT2D eigenvalue weighted by Crippen LogP contribution is 2.44. The molecule has 41 heavy (non-hydrogen) atoms. The van der Waals surface area contributed by atoms with Gasteiger partial charge in [0.25, 0.3) is 5.91 Å². The Balaban J connectivity index is 1.50. The Morgan fingerprint density at radius 1 is 1.15 bits per heavy atom. The standard InChI is InChI=1S/C25H26F3N6O6P/c1-34-10-15-20(23(34)36)18(9-29-21(15)13-6-14(35)7-13)31-22-16(25(26,27)28)8-30-24(33-22)32-17-4-3-12(5-19(17)40-2)11-41(37,38)39/h3-5,8-9,13-14,35H,6-7,10-11H2,1-2H3,(H2,37,38,39)(H2,30,31,32,33). The van der Waals surface area contributed by atoms with E-state index in [-0.39, 0.29) is 52.6 Å². The first-order valence-electron chi connectivity index (χ1n) is 12.4. The summed E-state index contributed by atoms with van der Waals surface area (Å²) in [4.78, 5) is 45.2. The van der Waals surface area contributed by atoms with Gasteiger partial charge in [0.15, 0.2) is 0 Å². The average molecular weight is 594 g/mol. The molecular weight excluding hydrogens is 568 g/mol. The van der Waals surface area contributed by atoms with Crippen LogP contribution in [-0.2, 0) is 23.4 Å². The molecule has 2 aromatic heterocycles. The number of aliphatic hydroxyl groups is 1. The maximum Gasteiger partial charge on any atom is 0.421 e. The summed E-state index contributed by atoms with van der Waals surface area (Å²) in [6.45, 7) is 0.235. The Bertz CT molecular complexity index is 1560. The van der Waals surface area contributed by atoms with E-state index in [1.807, 2.05) is 0 Å². The molecule has 0 unspecified atom stereocenters. The quantitative estimate of drug-likeness (QED) is 0.240. The Morgan fingerprint density at radius 2 is 1.88 bits per heavy atom. The Labute approximate surface area is 231 Å². The van der Waals surface area contributed by atoms with Gasteiger partial charge in [-0.1, -0.05) is 6.07 Å². The lowest BCUT2D eigenvalue weighted by Gasteiger charge is -2.32. The number of aliphatic hydroxyl groups excluding tert-OH is 1. The van der Waals surface area contributed by atoms with Crippen LogP contribution in [-0.4, -0.2) is 60.9 Å². The topological polar surface area (TPSA) is 170 Å². The van der Waals surface area contributed by atoms with Crippen LogP contribution in [0.3, 0.4) is 0 Å². The van der Waals surface area contributed by atoms with Crippen LogP contribution >= 0.6 is 7.60 Å². The number of nitrogens with one attached hydrogen (secondary N) is 2. The van der Waals surface area contributed by atoms with Gasteiger partial charge in [0.2, 0.25) is 5.95 Å². The number of carbonyl (C=O) groups excluding carboxylic acids is 1. The molecule has 0 atom stereocenters. The van der Waals surface area contributed by atoms with Crippen LogP contribution in [0, 0.1) is 0 Å². The number of aromatic nitrogens is 3. The monoisotopic (exact) mass is 594 g/mol. The van der Waals surface area contributed by atoms with Gasteiger partial charge < -0.3 is 35.2 Å². The fraction of sp³-hybridized carbons (Fsp3) is 0.360. The molecule has 1 aliphatic carbocycles. The van der Waals surface area contributed by atoms with Crippen molar-refractivity contribution in [3.05, 3.63) is 58.5 Å². The Morgan fingerprint density at radius 3 is 2.51 bits per heavy atom. The van der Waals surface area contributed by atoms with Crippen molar-refractivity contribution in [1.29, 1.82) is 0 Å². The molecule has 5 N–H and O–H groups in total. The minimum absolute atomic E-state index is 0.0456. The number of carbonyl (C=O) groups is 1. The highest BCUT2D eigenvalue weighted by atomic mass is 31.2. The van der Waals surface area contributed by atoms with Crippen LogP contribution in [0.4, 0.5) is 36.3 Å². The van der Waals surface area contributed by atoms with E-state index in [4.69, 9.17) is 4.74 Å². The minimum atomic E-state index is -4.83. The molecule has 1 aliphatic heterocycles. The number of pyridine rings is 1. The summed E-state index contributed by atoms with van der Waals surface area (Å²) in [5, 5.41) is 15.1. The van der Waals surface area contributed by atoms with Gasteiger partial charge in [0, 0.05) is 37.0 Å². The zero-order valence-corrected chi connectivity index (χ0v) is 22.7. The number of ether oxygens (including phenoxy) is 1. The summed E-state index contributed by atoms with van der Waals surface area (Å²) in [6, 6.07) is 4.23. The van der Waals surface area contributed by atoms with E-state index in [0.717, 1.165) is 0 Å². The van der Waals surface area contributed by atoms with Gasteiger partial charge in [-0.05, 0) is 30.5 Å². The van der Waals surface area contributed by atoms with Crippen LogP contribution in [0.5, 0.6) is 5.75 Å². The van der Waals surface area contributed by atoms with E-state index in [0.29, 0.717) is 30.3 Å². The van der Waals surface area contributed by atoms with Gasteiger partial charge >= 0.3 is 13.8 Å². The lowest BCUT2D eigenvalue weighted by atomic mass is 9.78. The number of amides is 1. The van der Waals surface area contributed by atoms with Crippen molar-refractivity contribution in [2.75, 3.05) is 24.8 Å². The summed E-state index contributed by atoms with van der Waals surface area (Å²) in [6.07, 6.45) is -2.93. The fourth-order valence-corrected chi connectivity index (χ4v) is 5.57. The molecule has 5 rings (SSSR count). The van der Waals surface area contributed by atoms with Crippen molar-refractivity contribution in [2.24, 2.45) is 0 Å². The number of hydrogen-bond acceptors (Lipinski definition) is 9. The number of fused-ring (bicyclic) bond motifs is 1. The molecule has 0 saturated heterocycles. The van der Waals surface area contributed by atoms with Crippen molar-refractivity contribution in [2.45, 2.75) is 43.7 Å². The average Bonchev–Trinajstić information content (AvgIpc) is 3.16. The molecule has 218 valence electrons. The van der Waals surface area contributed by atoms with Crippen molar-refractivity contribution in [3.8, 4) is 5.75 Å². The first-order chi connectivity index (χ1) is 19.2. The third-order valence-electron chi connectivity index (χ3n) is 6.92. The van der Waals surface area contributed by atoms with Gasteiger partial charge in [0.1, 0.15) is 17.1 Å². The molecule has 1 amide bonds. The summed E-state index contributed by atoms with van der Waals surface area (Å²) < 4.78 is 58.4. The number of anilines is 4. The van der Waals surface area contributed by atoms with E-state index >= 15 is 0 Å². The number of rotatable bonds is 8. The van der Waals surface area contributed by atoms with Gasteiger partial charge in [-0.25, -0.2) is 4.98 Å². The maximum absolute atomic E-state index is 13.9. The Hall–Kier alpha value is -3.78. The number of hydrogen-bond donors (Lipinski definition) is 5. The van der Waals surface area contributed by atoms with E-state index in [9.17, 15) is 37.4 Å². The molecule has 1 saturated carbocycles. The van der Waals surface area contributed by atoms with Crippen LogP contribution < -0.4 is 15.4 Å². The summed E-state index contributed by atoms with van der Waals surface area (Å²) in [7, 11) is -1.45. The van der Waals surface area contributed by atoms with Crippen molar-refractivity contribution >= 4 is 36.6 Å². The second-order valence-electron chi connectivity index (χ2n) is 9.96. The molecule has 2 aliphatic rings. The van der Waals surface area contributed by atoms with Crippen LogP contribution in [0.2, 0.25) is 0 Å². The van der Waals surface area contributed by atoms with Gasteiger partial charge in [-0.15, -0.1) is 0 Å². The molecule has 3 aromatic rings. The molecule has 0 radical (unpaired) electrons. The molecule has 1 fully saturated rings. The highest BCUT2D eigenvalue weighted by Gasteiger charge is 2.39. The second-order valence-corrected chi connectivity index (χ2v) is 11.6. The Kier molecular flexibility index (Phi) is 7.40. The molecule has 3 heterocycles. The third-order valence-corrected chi connectivity index (χ3v) is 7.69. The van der Waals surface area contributed by atoms with Crippen LogP contribution in [0.1, 0.15) is 51.5 Å². The maximum atomic E-state index is 13.9. The first-order valence-corrected chi connectivity index (χ1v) is 14.2. The number of methoxy groups -OCH3 is 1. The van der Waals surface area contributed by atoms with Crippen molar-refractivity contribution < 1.29 is 42.2 Å². The molecule has 16 heteroatoms. The predicted octanol–water partition coefficient (Wildman–Crippen LogP) is 3.89. The lowest BCUT2D eigenvalue weighted by Crippen LogP contribution is -2.28. The summed E-state index contributed by atoms with van der Waals surface area (Å²) in [5.41, 5.74) is 0.830. The van der Waals surface area contributed by atoms with E-state index in [2.05, 4.69) is 25.6 Å². The summed E-state index contributed by atoms with van der Waals surface area (Å²) in [5.74, 6) is -1.14. The number of halogens is 3. The molecule has 12 nitrogen and oxygen atoms in total. The first kappa shape index (κ1) is 28.7. The van der Waals surface area contributed by atoms with Crippen LogP contribution in [0.25, 0.3) is 0 Å². The molecule has 0 spiro atoms. The van der Waals surface area contributed by atoms with Crippen molar-refractivity contribution in [1.82, 2.24) is 19.9 Å². The normalized spacial score (nSPS) is 18.6. The smallest absolute Gasteiger partial charge is 0.421 e. The second kappa shape index (κ2) is 10.6. The molecule has 0 bridgehead atoms. The highest BCUT2D eigenvalue weighted by molar-refractivity contribution is 7.50. The zero-order valence-electron chi connectivity index (χ0n) is 21.8. The minimum Gasteiger partial charge on any atom is -0.495 e. The fourth-order valence-electron chi connectivity index (χ4n) is 4.90.